The Kier molecular flexibility index (Phi) is 11.3. The van der Waals surface area contributed by atoms with Gasteiger partial charge in [0.25, 0.3) is 0 Å². The van der Waals surface area contributed by atoms with Gasteiger partial charge >= 0.3 is 0 Å². The molecule has 0 radical (unpaired) electrons. The van der Waals surface area contributed by atoms with Crippen molar-refractivity contribution in [2.45, 2.75) is 58.3 Å². The number of aromatic nitrogens is 3. The fraction of sp³-hybridized carbons (Fsp3) is 0.161. The quantitative estimate of drug-likeness (QED) is 0.146. The number of phenols is 1. The zero-order valence-corrected chi connectivity index (χ0v) is 38.0. The number of rotatable bonds is 9. The van der Waals surface area contributed by atoms with Crippen LogP contribution in [0.1, 0.15) is 76.6 Å². The molecule has 9 aromatic rings. The molecule has 0 amide bonds. The van der Waals surface area contributed by atoms with Crippen molar-refractivity contribution >= 4 is 11.1 Å². The van der Waals surface area contributed by atoms with Gasteiger partial charge in [-0.25, -0.2) is 4.98 Å². The van der Waals surface area contributed by atoms with Crippen LogP contribution in [0.5, 0.6) is 5.75 Å². The molecular formula is C56H48N3O2Pt-. The minimum atomic E-state index is -1.02. The van der Waals surface area contributed by atoms with Crippen LogP contribution in [-0.2, 0) is 31.9 Å². The first-order valence-electron chi connectivity index (χ1n) is 21.2. The average Bonchev–Trinajstić information content (AvgIpc) is 3.73. The van der Waals surface area contributed by atoms with Gasteiger partial charge < -0.3 is 9.52 Å². The van der Waals surface area contributed by atoms with Crippen molar-refractivity contribution in [1.29, 1.82) is 0 Å². The standard InChI is InChI=1S/C56H48N3O2.Pt/c1-36(37-24-26-57-27-25-37)40-22-23-50(58-35-40)44-28-43(29-46(30-44)56(5,6)45-20-14-9-15-21-45)47-31-42(39-18-12-8-13-19-39)34-51-52(47)59-54(61-51)48-32-41(38-16-10-7-11-17-38)33-49(53(48)60)55(2,3)4;/h7-27,29-36,60H,1-6H3;/q-1;/i36D;. The Morgan fingerprint density at radius 1 is 0.629 bits per heavy atom. The molecule has 6 heteroatoms. The van der Waals surface area contributed by atoms with Crippen molar-refractivity contribution in [2.24, 2.45) is 0 Å². The van der Waals surface area contributed by atoms with Gasteiger partial charge in [0.15, 0.2) is 0 Å². The summed E-state index contributed by atoms with van der Waals surface area (Å²) < 4.78 is 16.0. The molecule has 0 saturated carbocycles. The number of nitrogens with zero attached hydrogens (tertiary/aromatic N) is 3. The van der Waals surface area contributed by atoms with E-state index in [-0.39, 0.29) is 32.2 Å². The van der Waals surface area contributed by atoms with Crippen LogP contribution in [0.2, 0.25) is 0 Å². The molecular weight excluding hydrogens is 942 g/mol. The molecule has 9 rings (SSSR count). The fourth-order valence-electron chi connectivity index (χ4n) is 8.09. The van der Waals surface area contributed by atoms with Crippen molar-refractivity contribution in [3.63, 3.8) is 0 Å². The van der Waals surface area contributed by atoms with Crippen LogP contribution in [0.3, 0.4) is 0 Å². The summed E-state index contributed by atoms with van der Waals surface area (Å²) in [5.41, 5.74) is 12.9. The zero-order valence-electron chi connectivity index (χ0n) is 36.7. The molecule has 3 aromatic heterocycles. The summed E-state index contributed by atoms with van der Waals surface area (Å²) in [5, 5.41) is 12.0. The van der Waals surface area contributed by atoms with Crippen molar-refractivity contribution in [1.82, 2.24) is 15.0 Å². The van der Waals surface area contributed by atoms with Crippen LogP contribution in [0.25, 0.3) is 67.2 Å². The Morgan fingerprint density at radius 2 is 1.23 bits per heavy atom. The molecule has 0 aliphatic heterocycles. The van der Waals surface area contributed by atoms with Crippen molar-refractivity contribution in [3.8, 4) is 61.8 Å². The molecule has 3 heterocycles. The Balaban J connectivity index is 0.00000544. The number of hydrogen-bond donors (Lipinski definition) is 1. The third-order valence-electron chi connectivity index (χ3n) is 11.8. The topological polar surface area (TPSA) is 72.0 Å². The van der Waals surface area contributed by atoms with E-state index in [0.717, 1.165) is 66.9 Å². The fourth-order valence-corrected chi connectivity index (χ4v) is 8.09. The minimum Gasteiger partial charge on any atom is -0.507 e. The molecule has 0 aliphatic carbocycles. The summed E-state index contributed by atoms with van der Waals surface area (Å²) in [5.74, 6) is -0.536. The molecule has 6 aromatic carbocycles. The Hall–Kier alpha value is -6.42. The molecule has 1 atom stereocenters. The summed E-state index contributed by atoms with van der Waals surface area (Å²) >= 11 is 0. The van der Waals surface area contributed by atoms with Gasteiger partial charge in [0.1, 0.15) is 11.3 Å². The first-order valence-corrected chi connectivity index (χ1v) is 20.7. The molecule has 5 nitrogen and oxygen atoms in total. The Morgan fingerprint density at radius 3 is 1.84 bits per heavy atom. The van der Waals surface area contributed by atoms with E-state index in [1.807, 2.05) is 85.8 Å². The Labute approximate surface area is 380 Å². The van der Waals surface area contributed by atoms with Crippen LogP contribution in [0.4, 0.5) is 0 Å². The number of aromatic hydroxyl groups is 1. The number of phenolic OH excluding ortho intramolecular Hbond substituents is 1. The van der Waals surface area contributed by atoms with Gasteiger partial charge in [-0.3, -0.25) is 9.97 Å². The first-order chi connectivity index (χ1) is 29.8. The van der Waals surface area contributed by atoms with Gasteiger partial charge in [0, 0.05) is 63.6 Å². The van der Waals surface area contributed by atoms with E-state index in [9.17, 15) is 6.48 Å². The number of fused-ring (bicyclic) bond motifs is 1. The molecule has 310 valence electrons. The van der Waals surface area contributed by atoms with Gasteiger partial charge in [-0.2, -0.15) is 0 Å². The van der Waals surface area contributed by atoms with E-state index in [4.69, 9.17) is 14.4 Å². The van der Waals surface area contributed by atoms with E-state index in [2.05, 4.69) is 118 Å². The summed E-state index contributed by atoms with van der Waals surface area (Å²) in [6.45, 7) is 12.7. The van der Waals surface area contributed by atoms with Gasteiger partial charge in [-0.05, 0) is 74.7 Å². The maximum Gasteiger partial charge on any atom is 0.230 e. The van der Waals surface area contributed by atoms with Crippen LogP contribution in [0, 0.1) is 6.07 Å². The van der Waals surface area contributed by atoms with E-state index < -0.39 is 11.3 Å². The monoisotopic (exact) mass is 990 g/mol. The van der Waals surface area contributed by atoms with Crippen molar-refractivity contribution in [2.75, 3.05) is 0 Å². The van der Waals surface area contributed by atoms with Crippen LogP contribution in [0.15, 0.2) is 175 Å². The summed E-state index contributed by atoms with van der Waals surface area (Å²) in [7, 11) is 0. The van der Waals surface area contributed by atoms with Crippen molar-refractivity contribution < 1.29 is 32.0 Å². The Bertz CT molecular complexity index is 3030. The van der Waals surface area contributed by atoms with Gasteiger partial charge in [-0.15, -0.1) is 29.3 Å². The van der Waals surface area contributed by atoms with Crippen molar-refractivity contribution in [3.05, 3.63) is 204 Å². The van der Waals surface area contributed by atoms with Gasteiger partial charge in [-0.1, -0.05) is 162 Å². The molecule has 0 aliphatic rings. The average molecular weight is 991 g/mol. The smallest absolute Gasteiger partial charge is 0.230 e. The number of benzene rings is 6. The molecule has 1 unspecified atom stereocenters. The van der Waals surface area contributed by atoms with Crippen LogP contribution in [-0.4, -0.2) is 20.1 Å². The predicted octanol–water partition coefficient (Wildman–Crippen LogP) is 14.2. The maximum atomic E-state index is 12.0. The largest absolute Gasteiger partial charge is 0.507 e. The summed E-state index contributed by atoms with van der Waals surface area (Å²) in [6, 6.07) is 55.1. The molecule has 1 N–H and O–H groups in total. The van der Waals surface area contributed by atoms with Gasteiger partial charge in [0.05, 0.1) is 11.1 Å². The SMILES string of the molecule is [2H]C(C)(c1ccncc1)c1ccc(-c2[c-]c(-c3cc(-c4ccccc4)cc4oc(-c5cc(-c6ccccc6)cc(C(C)(C)C)c5O)nc34)cc(C(C)(C)c3ccccc3)c2)nc1.[Pt]. The third kappa shape index (κ3) is 8.30. The number of oxazole rings is 1. The summed E-state index contributed by atoms with van der Waals surface area (Å²) in [4.78, 5) is 14.4. The second kappa shape index (κ2) is 17.2. The normalized spacial score (nSPS) is 13.0. The number of hydrogen-bond acceptors (Lipinski definition) is 5. The summed E-state index contributed by atoms with van der Waals surface area (Å²) in [6.07, 6.45) is 5.23. The molecule has 62 heavy (non-hydrogen) atoms. The predicted molar refractivity (Wildman–Crippen MR) is 249 cm³/mol. The number of pyridine rings is 2. The van der Waals surface area contributed by atoms with E-state index in [1.165, 1.54) is 5.56 Å². The van der Waals surface area contributed by atoms with Crippen LogP contribution < -0.4 is 0 Å². The van der Waals surface area contributed by atoms with Gasteiger partial charge in [0.2, 0.25) is 5.89 Å². The third-order valence-corrected chi connectivity index (χ3v) is 11.8. The molecule has 0 spiro atoms. The zero-order chi connectivity index (χ0) is 43.2. The van der Waals surface area contributed by atoms with E-state index in [1.54, 1.807) is 18.6 Å². The van der Waals surface area contributed by atoms with E-state index in [0.29, 0.717) is 22.6 Å². The maximum absolute atomic E-state index is 12.0. The first kappa shape index (κ1) is 41.0. The molecule has 0 saturated heterocycles. The second-order valence-corrected chi connectivity index (χ2v) is 17.3. The molecule has 0 bridgehead atoms. The van der Waals surface area contributed by atoms with E-state index >= 15 is 0 Å². The van der Waals surface area contributed by atoms with Crippen LogP contribution >= 0.6 is 0 Å². The molecule has 0 fully saturated rings. The second-order valence-electron chi connectivity index (χ2n) is 17.3. The minimum absolute atomic E-state index is 0.